The average Bonchev–Trinajstić information content (AvgIpc) is 2.65. The fourth-order valence-electron chi connectivity index (χ4n) is 2.87. The van der Waals surface area contributed by atoms with Crippen LogP contribution < -0.4 is 10.6 Å². The van der Waals surface area contributed by atoms with E-state index in [0.29, 0.717) is 11.4 Å². The summed E-state index contributed by atoms with van der Waals surface area (Å²) < 4.78 is 25.4. The van der Waals surface area contributed by atoms with Crippen LogP contribution >= 0.6 is 24.0 Å². The van der Waals surface area contributed by atoms with Gasteiger partial charge in [0.2, 0.25) is 10.0 Å². The van der Waals surface area contributed by atoms with E-state index >= 15 is 0 Å². The van der Waals surface area contributed by atoms with Crippen LogP contribution in [0.15, 0.2) is 45.8 Å². The number of nitrogens with one attached hydrogen (secondary N) is 2. The van der Waals surface area contributed by atoms with Crippen LogP contribution in [0, 0.1) is 0 Å². The van der Waals surface area contributed by atoms with E-state index in [0.717, 1.165) is 24.5 Å². The molecule has 0 amide bonds. The predicted molar refractivity (Wildman–Crippen MR) is 122 cm³/mol. The second-order valence-electron chi connectivity index (χ2n) is 6.64. The Kier molecular flexibility index (Phi) is 10.3. The molecule has 8 heteroatoms. The third-order valence-corrected chi connectivity index (χ3v) is 6.34. The highest BCUT2D eigenvalue weighted by Crippen LogP contribution is 2.19. The number of halogens is 1. The summed E-state index contributed by atoms with van der Waals surface area (Å²) >= 11 is 0. The molecule has 2 rings (SSSR count). The van der Waals surface area contributed by atoms with Crippen LogP contribution in [0.4, 0.5) is 0 Å². The molecule has 0 saturated heterocycles. The van der Waals surface area contributed by atoms with Gasteiger partial charge >= 0.3 is 0 Å². The topological polar surface area (TPSA) is 73.8 Å². The molecule has 0 unspecified atom stereocenters. The number of benzene rings is 1. The number of hydrogen-bond acceptors (Lipinski definition) is 3. The van der Waals surface area contributed by atoms with Crippen LogP contribution in [0.5, 0.6) is 0 Å². The van der Waals surface area contributed by atoms with Crippen LogP contribution in [0.25, 0.3) is 0 Å². The van der Waals surface area contributed by atoms with Gasteiger partial charge in [0.05, 0.1) is 4.90 Å². The Labute approximate surface area is 180 Å². The highest BCUT2D eigenvalue weighted by Gasteiger charge is 2.16. The maximum absolute atomic E-state index is 12.1. The minimum Gasteiger partial charge on any atom is -0.356 e. The van der Waals surface area contributed by atoms with E-state index < -0.39 is 10.0 Å². The molecule has 0 saturated carbocycles. The van der Waals surface area contributed by atoms with Crippen molar-refractivity contribution in [3.8, 4) is 0 Å². The molecule has 152 valence electrons. The van der Waals surface area contributed by atoms with Crippen molar-refractivity contribution in [2.45, 2.75) is 43.5 Å². The number of sulfonamides is 1. The lowest BCUT2D eigenvalue weighted by Gasteiger charge is -2.15. The molecule has 1 aliphatic rings. The van der Waals surface area contributed by atoms with Crippen molar-refractivity contribution < 1.29 is 8.42 Å². The Morgan fingerprint density at radius 3 is 2.41 bits per heavy atom. The van der Waals surface area contributed by atoms with Crippen LogP contribution in [-0.4, -0.2) is 46.4 Å². The molecule has 27 heavy (non-hydrogen) atoms. The maximum Gasteiger partial charge on any atom is 0.242 e. The molecule has 0 spiro atoms. The summed E-state index contributed by atoms with van der Waals surface area (Å²) in [6.07, 6.45) is 8.47. The van der Waals surface area contributed by atoms with E-state index in [4.69, 9.17) is 0 Å². The third-order valence-electron chi connectivity index (χ3n) is 4.51. The number of allylic oxidation sites excluding steroid dienone is 1. The standard InChI is InChI=1S/C19H30N4O2S.HI/c1-20-19(21-14-13-16-7-5-4-6-8-16)22-15-17-9-11-18(12-10-17)26(24,25)23(2)3;/h7,9-12H,4-6,8,13-15H2,1-3H3,(H2,20,21,22);1H. The molecule has 1 aromatic rings. The Bertz CT molecular complexity index is 743. The monoisotopic (exact) mass is 506 g/mol. The van der Waals surface area contributed by atoms with Crippen molar-refractivity contribution in [3.63, 3.8) is 0 Å². The predicted octanol–water partition coefficient (Wildman–Crippen LogP) is 3.11. The Balaban J connectivity index is 0.00000364. The number of nitrogens with zero attached hydrogens (tertiary/aromatic N) is 2. The van der Waals surface area contributed by atoms with Crippen LogP contribution in [-0.2, 0) is 16.6 Å². The zero-order valence-corrected chi connectivity index (χ0v) is 19.5. The van der Waals surface area contributed by atoms with E-state index in [-0.39, 0.29) is 24.0 Å². The highest BCUT2D eigenvalue weighted by molar-refractivity contribution is 14.0. The molecule has 0 aromatic heterocycles. The van der Waals surface area contributed by atoms with Crippen LogP contribution in [0.2, 0.25) is 0 Å². The first-order valence-corrected chi connectivity index (χ1v) is 10.5. The Morgan fingerprint density at radius 2 is 1.85 bits per heavy atom. The molecule has 0 heterocycles. The largest absolute Gasteiger partial charge is 0.356 e. The maximum atomic E-state index is 12.1. The number of aliphatic imine (C=N–C) groups is 1. The molecule has 1 aromatic carbocycles. The SMILES string of the molecule is CN=C(NCCC1=CCCCC1)NCc1ccc(S(=O)(=O)N(C)C)cc1.I. The van der Waals surface area contributed by atoms with Gasteiger partial charge in [0, 0.05) is 34.2 Å². The summed E-state index contributed by atoms with van der Waals surface area (Å²) in [5, 5.41) is 6.60. The molecule has 0 aliphatic heterocycles. The average molecular weight is 506 g/mol. The van der Waals surface area contributed by atoms with Gasteiger partial charge in [-0.05, 0) is 49.8 Å². The second kappa shape index (κ2) is 11.7. The Hall–Kier alpha value is -1.13. The molecular formula is C19H31IN4O2S. The quantitative estimate of drug-likeness (QED) is 0.258. The van der Waals surface area contributed by atoms with E-state index in [1.807, 2.05) is 12.1 Å². The van der Waals surface area contributed by atoms with Crippen molar-refractivity contribution in [3.05, 3.63) is 41.5 Å². The van der Waals surface area contributed by atoms with Gasteiger partial charge in [0.25, 0.3) is 0 Å². The molecule has 0 fully saturated rings. The smallest absolute Gasteiger partial charge is 0.242 e. The van der Waals surface area contributed by atoms with Crippen molar-refractivity contribution in [1.29, 1.82) is 0 Å². The van der Waals surface area contributed by atoms with E-state index in [2.05, 4.69) is 21.7 Å². The minimum atomic E-state index is -3.38. The van der Waals surface area contributed by atoms with Gasteiger partial charge in [-0.1, -0.05) is 23.8 Å². The van der Waals surface area contributed by atoms with Gasteiger partial charge in [-0.15, -0.1) is 24.0 Å². The summed E-state index contributed by atoms with van der Waals surface area (Å²) in [6.45, 7) is 1.45. The van der Waals surface area contributed by atoms with Gasteiger partial charge in [-0.2, -0.15) is 0 Å². The zero-order valence-electron chi connectivity index (χ0n) is 16.4. The van der Waals surface area contributed by atoms with Gasteiger partial charge < -0.3 is 10.6 Å². The first kappa shape index (κ1) is 23.9. The lowest BCUT2D eigenvalue weighted by Crippen LogP contribution is -2.37. The molecular weight excluding hydrogens is 475 g/mol. The van der Waals surface area contributed by atoms with Crippen LogP contribution in [0.3, 0.4) is 0 Å². The van der Waals surface area contributed by atoms with Crippen molar-refractivity contribution in [2.24, 2.45) is 4.99 Å². The van der Waals surface area contributed by atoms with E-state index in [9.17, 15) is 8.42 Å². The summed E-state index contributed by atoms with van der Waals surface area (Å²) in [5.74, 6) is 0.756. The van der Waals surface area contributed by atoms with Gasteiger partial charge in [0.1, 0.15) is 0 Å². The zero-order chi connectivity index (χ0) is 19.0. The molecule has 0 bridgehead atoms. The van der Waals surface area contributed by atoms with Crippen LogP contribution in [0.1, 0.15) is 37.7 Å². The normalized spacial score (nSPS) is 15.1. The van der Waals surface area contributed by atoms with Crippen molar-refractivity contribution in [2.75, 3.05) is 27.7 Å². The molecule has 1 aliphatic carbocycles. The molecule has 0 radical (unpaired) electrons. The molecule has 2 N–H and O–H groups in total. The fourth-order valence-corrected chi connectivity index (χ4v) is 3.77. The number of rotatable bonds is 7. The number of hydrogen-bond donors (Lipinski definition) is 2. The summed E-state index contributed by atoms with van der Waals surface area (Å²) in [4.78, 5) is 4.54. The lowest BCUT2D eigenvalue weighted by atomic mass is 9.97. The molecule has 6 nitrogen and oxygen atoms in total. The first-order valence-electron chi connectivity index (χ1n) is 9.07. The van der Waals surface area contributed by atoms with Gasteiger partial charge in [-0.25, -0.2) is 12.7 Å². The number of guanidine groups is 1. The highest BCUT2D eigenvalue weighted by atomic mass is 127. The summed E-state index contributed by atoms with van der Waals surface area (Å²) in [5.41, 5.74) is 2.54. The van der Waals surface area contributed by atoms with E-state index in [1.165, 1.54) is 49.7 Å². The van der Waals surface area contributed by atoms with E-state index in [1.54, 1.807) is 19.2 Å². The first-order chi connectivity index (χ1) is 12.4. The van der Waals surface area contributed by atoms with Gasteiger partial charge in [0.15, 0.2) is 5.96 Å². The minimum absolute atomic E-state index is 0. The summed E-state index contributed by atoms with van der Waals surface area (Å²) in [7, 11) is 1.43. The summed E-state index contributed by atoms with van der Waals surface area (Å²) in [6, 6.07) is 6.92. The Morgan fingerprint density at radius 1 is 1.15 bits per heavy atom. The fraction of sp³-hybridized carbons (Fsp3) is 0.526. The van der Waals surface area contributed by atoms with Gasteiger partial charge in [-0.3, -0.25) is 4.99 Å². The third kappa shape index (κ3) is 7.42. The van der Waals surface area contributed by atoms with Crippen molar-refractivity contribution in [1.82, 2.24) is 14.9 Å². The lowest BCUT2D eigenvalue weighted by molar-refractivity contribution is 0.520. The second-order valence-corrected chi connectivity index (χ2v) is 8.79. The molecule has 0 atom stereocenters. The van der Waals surface area contributed by atoms with Crippen molar-refractivity contribution >= 4 is 40.0 Å².